The van der Waals surface area contributed by atoms with E-state index in [2.05, 4.69) is 71.4 Å². The molecule has 1 N–H and O–H groups in total. The van der Waals surface area contributed by atoms with Gasteiger partial charge < -0.3 is 19.5 Å². The van der Waals surface area contributed by atoms with Crippen LogP contribution in [-0.4, -0.2) is 49.8 Å². The molecule has 1 fully saturated rings. The summed E-state index contributed by atoms with van der Waals surface area (Å²) in [7, 11) is 3.87. The van der Waals surface area contributed by atoms with Crippen LogP contribution in [0.3, 0.4) is 0 Å². The summed E-state index contributed by atoms with van der Waals surface area (Å²) in [5.74, 6) is 0.865. The summed E-state index contributed by atoms with van der Waals surface area (Å²) >= 11 is 1.78. The molecule has 1 aliphatic rings. The van der Waals surface area contributed by atoms with Crippen LogP contribution in [0.25, 0.3) is 20.5 Å². The Morgan fingerprint density at radius 3 is 2.55 bits per heavy atom. The standard InChI is InChI=1S/C31H34N2O4S/c1-32(24-14-11-23(27(20-24)36-2)21-33-17-5-6-18-33)30-26-8-3-4-9-28(26)38-31(30)22-12-15-25(16-13-22)37-19-7-10-29(34)35/h3-4,8-9,11-16,20H,5-7,10,17-19,21H2,1-2H3,(H,34,35). The lowest BCUT2D eigenvalue weighted by atomic mass is 10.1. The van der Waals surface area contributed by atoms with E-state index in [0.29, 0.717) is 13.0 Å². The number of aliphatic carboxylic acids is 1. The van der Waals surface area contributed by atoms with E-state index in [0.717, 1.165) is 48.1 Å². The Bertz CT molecular complexity index is 1390. The van der Waals surface area contributed by atoms with Crippen LogP contribution in [0.1, 0.15) is 31.2 Å². The SMILES string of the molecule is COc1cc(N(C)c2c(-c3ccc(OCCCC(=O)O)cc3)sc3ccccc23)ccc1CN1CCCC1. The minimum absolute atomic E-state index is 0.111. The van der Waals surface area contributed by atoms with Crippen molar-refractivity contribution in [1.29, 1.82) is 0 Å². The normalized spacial score (nSPS) is 13.6. The first kappa shape index (κ1) is 26.1. The molecule has 1 saturated heterocycles. The molecule has 0 bridgehead atoms. The van der Waals surface area contributed by atoms with Gasteiger partial charge in [-0.25, -0.2) is 0 Å². The summed E-state index contributed by atoms with van der Waals surface area (Å²) < 4.78 is 12.8. The van der Waals surface area contributed by atoms with E-state index in [-0.39, 0.29) is 6.42 Å². The van der Waals surface area contributed by atoms with Crippen LogP contribution in [0.4, 0.5) is 11.4 Å². The summed E-state index contributed by atoms with van der Waals surface area (Å²) in [6.07, 6.45) is 3.14. The van der Waals surface area contributed by atoms with Gasteiger partial charge in [0.05, 0.1) is 24.3 Å². The molecular formula is C31H34N2O4S. The Morgan fingerprint density at radius 2 is 1.82 bits per heavy atom. The molecule has 4 aromatic rings. The van der Waals surface area contributed by atoms with Crippen LogP contribution in [0.2, 0.25) is 0 Å². The van der Waals surface area contributed by atoms with E-state index in [1.807, 2.05) is 12.1 Å². The number of methoxy groups -OCH3 is 1. The first-order chi connectivity index (χ1) is 18.5. The van der Waals surface area contributed by atoms with E-state index in [9.17, 15) is 4.79 Å². The molecule has 0 spiro atoms. The molecule has 0 unspecified atom stereocenters. The molecule has 2 heterocycles. The van der Waals surface area contributed by atoms with Gasteiger partial charge in [-0.05, 0) is 74.3 Å². The molecule has 6 nitrogen and oxygen atoms in total. The van der Waals surface area contributed by atoms with Crippen molar-refractivity contribution in [3.05, 3.63) is 72.3 Å². The minimum Gasteiger partial charge on any atom is -0.496 e. The zero-order valence-electron chi connectivity index (χ0n) is 22.0. The third-order valence-corrected chi connectivity index (χ3v) is 8.28. The van der Waals surface area contributed by atoms with Gasteiger partial charge in [-0.3, -0.25) is 9.69 Å². The van der Waals surface area contributed by atoms with Gasteiger partial charge >= 0.3 is 5.97 Å². The number of hydrogen-bond acceptors (Lipinski definition) is 6. The average Bonchev–Trinajstić information content (AvgIpc) is 3.59. The highest BCUT2D eigenvalue weighted by Crippen LogP contribution is 2.47. The van der Waals surface area contributed by atoms with Crippen molar-refractivity contribution in [2.45, 2.75) is 32.2 Å². The summed E-state index contributed by atoms with van der Waals surface area (Å²) in [6, 6.07) is 23.1. The van der Waals surface area contributed by atoms with Crippen LogP contribution >= 0.6 is 11.3 Å². The van der Waals surface area contributed by atoms with Crippen LogP contribution < -0.4 is 14.4 Å². The first-order valence-corrected chi connectivity index (χ1v) is 13.9. The second-order valence-corrected chi connectivity index (χ2v) is 10.7. The molecule has 198 valence electrons. The van der Waals surface area contributed by atoms with E-state index in [4.69, 9.17) is 14.6 Å². The van der Waals surface area contributed by atoms with Gasteiger partial charge in [0.25, 0.3) is 0 Å². The van der Waals surface area contributed by atoms with Crippen molar-refractivity contribution in [3.63, 3.8) is 0 Å². The maximum Gasteiger partial charge on any atom is 0.303 e. The van der Waals surface area contributed by atoms with Crippen molar-refractivity contribution < 1.29 is 19.4 Å². The van der Waals surface area contributed by atoms with Gasteiger partial charge in [0.2, 0.25) is 0 Å². The second kappa shape index (κ2) is 11.9. The molecule has 0 atom stereocenters. The molecule has 3 aromatic carbocycles. The van der Waals surface area contributed by atoms with Gasteiger partial charge in [0.15, 0.2) is 0 Å². The molecule has 0 radical (unpaired) electrons. The summed E-state index contributed by atoms with van der Waals surface area (Å²) in [6.45, 7) is 3.62. The number of benzene rings is 3. The third-order valence-electron chi connectivity index (χ3n) is 7.08. The number of likely N-dealkylation sites (tertiary alicyclic amines) is 1. The third kappa shape index (κ3) is 5.79. The predicted molar refractivity (Wildman–Crippen MR) is 155 cm³/mol. The molecule has 38 heavy (non-hydrogen) atoms. The number of carboxylic acid groups (broad SMARTS) is 1. The van der Waals surface area contributed by atoms with Gasteiger partial charge in [0, 0.05) is 47.4 Å². The molecule has 5 rings (SSSR count). The number of carbonyl (C=O) groups is 1. The largest absolute Gasteiger partial charge is 0.496 e. The lowest BCUT2D eigenvalue weighted by Crippen LogP contribution is -2.19. The summed E-state index contributed by atoms with van der Waals surface area (Å²) in [5.41, 5.74) is 4.58. The van der Waals surface area contributed by atoms with Crippen LogP contribution in [0.15, 0.2) is 66.7 Å². The van der Waals surface area contributed by atoms with Gasteiger partial charge in [0.1, 0.15) is 11.5 Å². The Labute approximate surface area is 228 Å². The van der Waals surface area contributed by atoms with Gasteiger partial charge in [-0.15, -0.1) is 11.3 Å². The Hall–Kier alpha value is -3.55. The summed E-state index contributed by atoms with van der Waals surface area (Å²) in [4.78, 5) is 16.7. The van der Waals surface area contributed by atoms with Crippen molar-refractivity contribution in [3.8, 4) is 21.9 Å². The first-order valence-electron chi connectivity index (χ1n) is 13.1. The Kier molecular flexibility index (Phi) is 8.15. The van der Waals surface area contributed by atoms with Crippen LogP contribution in [-0.2, 0) is 11.3 Å². The van der Waals surface area contributed by atoms with Crippen molar-refractivity contribution in [2.75, 3.05) is 38.8 Å². The maximum absolute atomic E-state index is 10.7. The fraction of sp³-hybridized carbons (Fsp3) is 0.323. The average molecular weight is 531 g/mol. The highest BCUT2D eigenvalue weighted by atomic mass is 32.1. The number of thiophene rings is 1. The number of fused-ring (bicyclic) bond motifs is 1. The van der Waals surface area contributed by atoms with Crippen molar-refractivity contribution in [1.82, 2.24) is 4.90 Å². The fourth-order valence-corrected chi connectivity index (χ4v) is 6.30. The molecular weight excluding hydrogens is 496 g/mol. The van der Waals surface area contributed by atoms with E-state index >= 15 is 0 Å². The maximum atomic E-state index is 10.7. The number of nitrogens with zero attached hydrogens (tertiary/aromatic N) is 2. The quantitative estimate of drug-likeness (QED) is 0.207. The van der Waals surface area contributed by atoms with Gasteiger partial charge in [-0.1, -0.05) is 24.3 Å². The van der Waals surface area contributed by atoms with E-state index in [1.54, 1.807) is 18.4 Å². The smallest absolute Gasteiger partial charge is 0.303 e. The number of anilines is 2. The number of hydrogen-bond donors (Lipinski definition) is 1. The van der Waals surface area contributed by atoms with Crippen LogP contribution in [0.5, 0.6) is 11.5 Å². The second-order valence-electron chi connectivity index (χ2n) is 9.68. The lowest BCUT2D eigenvalue weighted by molar-refractivity contribution is -0.137. The monoisotopic (exact) mass is 530 g/mol. The predicted octanol–water partition coefficient (Wildman–Crippen LogP) is 7.18. The highest BCUT2D eigenvalue weighted by molar-refractivity contribution is 7.23. The minimum atomic E-state index is -0.802. The zero-order chi connectivity index (χ0) is 26.5. The van der Waals surface area contributed by atoms with Crippen molar-refractivity contribution in [2.24, 2.45) is 0 Å². The fourth-order valence-electron chi connectivity index (χ4n) is 5.06. The topological polar surface area (TPSA) is 62.2 Å². The molecule has 0 amide bonds. The molecule has 0 saturated carbocycles. The number of carboxylic acids is 1. The number of ether oxygens (including phenoxy) is 2. The Balaban J connectivity index is 1.43. The molecule has 1 aromatic heterocycles. The van der Waals surface area contributed by atoms with E-state index in [1.165, 1.54) is 33.4 Å². The van der Waals surface area contributed by atoms with E-state index < -0.39 is 5.97 Å². The Morgan fingerprint density at radius 1 is 1.05 bits per heavy atom. The molecule has 0 aliphatic carbocycles. The van der Waals surface area contributed by atoms with Gasteiger partial charge in [-0.2, -0.15) is 0 Å². The zero-order valence-corrected chi connectivity index (χ0v) is 22.8. The van der Waals surface area contributed by atoms with Crippen molar-refractivity contribution >= 4 is 38.8 Å². The lowest BCUT2D eigenvalue weighted by Gasteiger charge is -2.23. The van der Waals surface area contributed by atoms with Crippen LogP contribution in [0, 0.1) is 0 Å². The molecule has 1 aliphatic heterocycles. The molecule has 7 heteroatoms. The highest BCUT2D eigenvalue weighted by Gasteiger charge is 2.20. The number of rotatable bonds is 11. The summed E-state index contributed by atoms with van der Waals surface area (Å²) in [5, 5.41) is 10.0.